The highest BCUT2D eigenvalue weighted by Crippen LogP contribution is 1.93. The Bertz CT molecular complexity index is 239. The maximum Gasteiger partial charge on any atom is 0.204 e. The van der Waals surface area contributed by atoms with Crippen molar-refractivity contribution < 1.29 is 2.85 Å². The van der Waals surface area contributed by atoms with Crippen LogP contribution in [0.2, 0.25) is 0 Å². The molecule has 0 aromatic rings. The third-order valence-corrected chi connectivity index (χ3v) is 2.06. The van der Waals surface area contributed by atoms with E-state index in [9.17, 15) is 0 Å². The van der Waals surface area contributed by atoms with Crippen molar-refractivity contribution in [1.82, 2.24) is 15.5 Å². The quantitative estimate of drug-likeness (QED) is 0.242. The third-order valence-electron chi connectivity index (χ3n) is 2.06. The van der Waals surface area contributed by atoms with Crippen LogP contribution in [0.4, 0.5) is 0 Å². The zero-order chi connectivity index (χ0) is 14.2. The number of aliphatic imine (C=N–C) groups is 1. The highest BCUT2D eigenvalue weighted by Gasteiger charge is 1.96. The molecule has 0 spiro atoms. The second-order valence-corrected chi connectivity index (χ2v) is 3.90. The van der Waals surface area contributed by atoms with Gasteiger partial charge in [0.25, 0.3) is 0 Å². The minimum Gasteiger partial charge on any atom is -0.354 e. The Balaban J connectivity index is -0.000000304. The first-order valence-corrected chi connectivity index (χ1v) is 6.78. The molecule has 0 aliphatic rings. The van der Waals surface area contributed by atoms with Gasteiger partial charge in [-0.25, -0.2) is 0 Å². The maximum atomic E-state index is 8.56. The summed E-state index contributed by atoms with van der Waals surface area (Å²) in [6, 6.07) is 0. The predicted molar refractivity (Wildman–Crippen MR) is 82.7 cm³/mol. The van der Waals surface area contributed by atoms with E-state index in [0.29, 0.717) is 5.96 Å². The third kappa shape index (κ3) is 14.7. The highest BCUT2D eigenvalue weighted by atomic mass is 15.2. The summed E-state index contributed by atoms with van der Waals surface area (Å²) >= 11 is 0. The van der Waals surface area contributed by atoms with Gasteiger partial charge in [0.05, 0.1) is 0 Å². The van der Waals surface area contributed by atoms with Gasteiger partial charge in [0.1, 0.15) is 0 Å². The van der Waals surface area contributed by atoms with Crippen LogP contribution < -0.4 is 10.6 Å². The average Bonchev–Trinajstić information content (AvgIpc) is 2.36. The van der Waals surface area contributed by atoms with Crippen LogP contribution in [0.15, 0.2) is 4.99 Å². The van der Waals surface area contributed by atoms with Crippen molar-refractivity contribution in [3.63, 3.8) is 0 Å². The van der Waals surface area contributed by atoms with Crippen molar-refractivity contribution in [1.29, 1.82) is 5.26 Å². The summed E-state index contributed by atoms with van der Waals surface area (Å²) in [5, 5.41) is 14.2. The second kappa shape index (κ2) is 15.7. The van der Waals surface area contributed by atoms with Crippen molar-refractivity contribution in [3.05, 3.63) is 0 Å². The molecule has 5 nitrogen and oxygen atoms in total. The van der Waals surface area contributed by atoms with E-state index in [4.69, 9.17) is 5.26 Å². The molecule has 0 radical (unpaired) electrons. The number of unbranched alkanes of at least 4 members (excludes halogenated alkanes) is 2. The normalized spacial score (nSPS) is 10.4. The summed E-state index contributed by atoms with van der Waals surface area (Å²) < 4.78 is 0. The Hall–Kier alpha value is -1.28. The van der Waals surface area contributed by atoms with Gasteiger partial charge >= 0.3 is 0 Å². The van der Waals surface area contributed by atoms with Crippen LogP contribution in [-0.2, 0) is 0 Å². The number of rotatable bonds is 7. The van der Waals surface area contributed by atoms with Gasteiger partial charge in [0.2, 0.25) is 5.96 Å². The highest BCUT2D eigenvalue weighted by molar-refractivity contribution is 5.81. The summed E-state index contributed by atoms with van der Waals surface area (Å²) in [6.45, 7) is 8.63. The molecule has 0 heterocycles. The Morgan fingerprint density at radius 3 is 2.50 bits per heavy atom. The molecule has 0 unspecified atom stereocenters. The van der Waals surface area contributed by atoms with Gasteiger partial charge in [-0.15, -0.1) is 0 Å². The minimum atomic E-state index is 0. The van der Waals surface area contributed by atoms with Crippen LogP contribution in [0.3, 0.4) is 0 Å². The molecule has 0 aromatic carbocycles. The summed E-state index contributed by atoms with van der Waals surface area (Å²) in [7, 11) is 4.02. The molecule has 0 aromatic heterocycles. The van der Waals surface area contributed by atoms with E-state index < -0.39 is 0 Å². The van der Waals surface area contributed by atoms with Gasteiger partial charge in [-0.05, 0) is 20.5 Å². The molecule has 0 rings (SSSR count). The lowest BCUT2D eigenvalue weighted by Gasteiger charge is -2.11. The summed E-state index contributed by atoms with van der Waals surface area (Å²) in [6.07, 6.45) is 5.33. The van der Waals surface area contributed by atoms with E-state index in [0.717, 1.165) is 26.1 Å². The largest absolute Gasteiger partial charge is 0.354 e. The van der Waals surface area contributed by atoms with Crippen molar-refractivity contribution >= 4 is 5.96 Å². The maximum absolute atomic E-state index is 8.56. The van der Waals surface area contributed by atoms with E-state index >= 15 is 0 Å². The van der Waals surface area contributed by atoms with E-state index in [1.807, 2.05) is 34.1 Å². The number of guanidine groups is 1. The molecule has 110 valence electrons. The molecular weight excluding hydrogens is 226 g/mol. The van der Waals surface area contributed by atoms with Gasteiger partial charge in [0.15, 0.2) is 6.19 Å². The predicted octanol–water partition coefficient (Wildman–Crippen LogP) is 2.27. The standard InChI is InChI=1S/C11H23N5.C2H6.2H2/c1-4-5-6-7-13-11(15-10-12)14-8-9-16(2)3;1-2;;/h4-9H2,1-3H3,(H2,13,14,15);1-2H3;2*1H. The first-order valence-electron chi connectivity index (χ1n) is 6.78. The summed E-state index contributed by atoms with van der Waals surface area (Å²) in [5.41, 5.74) is 0. The monoisotopic (exact) mass is 259 g/mol. The van der Waals surface area contributed by atoms with Crippen molar-refractivity contribution in [3.8, 4) is 6.19 Å². The Kier molecular flexibility index (Phi) is 16.7. The molecule has 0 fully saturated rings. The second-order valence-electron chi connectivity index (χ2n) is 3.90. The average molecular weight is 259 g/mol. The number of hydrogen-bond acceptors (Lipinski definition) is 3. The first kappa shape index (κ1) is 19.1. The number of nitriles is 1. The molecular formula is C13H33N5. The Morgan fingerprint density at radius 1 is 1.33 bits per heavy atom. The van der Waals surface area contributed by atoms with Crippen LogP contribution in [-0.4, -0.2) is 44.6 Å². The molecule has 0 bridgehead atoms. The molecule has 2 N–H and O–H groups in total. The lowest BCUT2D eigenvalue weighted by molar-refractivity contribution is 0.412. The fourth-order valence-electron chi connectivity index (χ4n) is 1.14. The van der Waals surface area contributed by atoms with Gasteiger partial charge < -0.3 is 10.2 Å². The van der Waals surface area contributed by atoms with Gasteiger partial charge in [-0.3, -0.25) is 10.3 Å². The zero-order valence-electron chi connectivity index (χ0n) is 12.6. The lowest BCUT2D eigenvalue weighted by Crippen LogP contribution is -2.38. The smallest absolute Gasteiger partial charge is 0.204 e. The lowest BCUT2D eigenvalue weighted by atomic mass is 10.2. The molecule has 0 saturated carbocycles. The Morgan fingerprint density at radius 2 is 2.00 bits per heavy atom. The van der Waals surface area contributed by atoms with Crippen LogP contribution in [0.25, 0.3) is 0 Å². The SMILES string of the molecule is CC.CCCCCN=C(NC#N)NCCN(C)C.[HH].[HH]. The van der Waals surface area contributed by atoms with E-state index in [-0.39, 0.29) is 2.85 Å². The number of nitrogens with zero attached hydrogens (tertiary/aromatic N) is 3. The van der Waals surface area contributed by atoms with Gasteiger partial charge in [0, 0.05) is 22.5 Å². The summed E-state index contributed by atoms with van der Waals surface area (Å²) in [5.74, 6) is 0.584. The molecule has 18 heavy (non-hydrogen) atoms. The molecule has 0 amide bonds. The Labute approximate surface area is 115 Å². The molecule has 5 heteroatoms. The fraction of sp³-hybridized carbons (Fsp3) is 0.846. The van der Waals surface area contributed by atoms with Crippen molar-refractivity contribution in [2.24, 2.45) is 4.99 Å². The minimum absolute atomic E-state index is 0. The number of likely N-dealkylation sites (N-methyl/N-ethyl adjacent to an activating group) is 1. The van der Waals surface area contributed by atoms with Crippen molar-refractivity contribution in [2.75, 3.05) is 33.7 Å². The van der Waals surface area contributed by atoms with Crippen molar-refractivity contribution in [2.45, 2.75) is 40.0 Å². The van der Waals surface area contributed by atoms with Crippen LogP contribution in [0.1, 0.15) is 42.9 Å². The topological polar surface area (TPSA) is 63.5 Å². The van der Waals surface area contributed by atoms with E-state index in [2.05, 4.69) is 27.4 Å². The molecule has 0 aliphatic carbocycles. The molecule has 0 atom stereocenters. The zero-order valence-corrected chi connectivity index (χ0v) is 12.6. The first-order chi connectivity index (χ1) is 8.70. The van der Waals surface area contributed by atoms with E-state index in [1.54, 1.807) is 0 Å². The van der Waals surface area contributed by atoms with E-state index in [1.165, 1.54) is 12.8 Å². The van der Waals surface area contributed by atoms with Crippen LogP contribution in [0, 0.1) is 11.5 Å². The molecule has 0 saturated heterocycles. The number of hydrogen-bond donors (Lipinski definition) is 2. The van der Waals surface area contributed by atoms with Gasteiger partial charge in [-0.1, -0.05) is 33.6 Å². The molecule has 0 aliphatic heterocycles. The van der Waals surface area contributed by atoms with Crippen LogP contribution in [0.5, 0.6) is 0 Å². The van der Waals surface area contributed by atoms with Crippen LogP contribution >= 0.6 is 0 Å². The fourth-order valence-corrected chi connectivity index (χ4v) is 1.14. The summed E-state index contributed by atoms with van der Waals surface area (Å²) in [4.78, 5) is 6.38. The number of nitrogens with one attached hydrogen (secondary N) is 2. The van der Waals surface area contributed by atoms with Gasteiger partial charge in [-0.2, -0.15) is 5.26 Å².